The van der Waals surface area contributed by atoms with Crippen molar-refractivity contribution in [1.82, 2.24) is 0 Å². The molecule has 0 bridgehead atoms. The van der Waals surface area contributed by atoms with Crippen molar-refractivity contribution in [3.05, 3.63) is 94.0 Å². The average Bonchev–Trinajstić information content (AvgIpc) is 2.63. The van der Waals surface area contributed by atoms with E-state index in [1.807, 2.05) is 0 Å². The second-order valence-corrected chi connectivity index (χ2v) is 6.38. The van der Waals surface area contributed by atoms with Crippen molar-refractivity contribution in [3.8, 4) is 5.75 Å². The first-order valence-corrected chi connectivity index (χ1v) is 8.54. The topological polar surface area (TPSA) is 38.3 Å². The number of hydrogen-bond acceptors (Lipinski definition) is 2. The van der Waals surface area contributed by atoms with Gasteiger partial charge in [-0.15, -0.1) is 0 Å². The highest BCUT2D eigenvalue weighted by molar-refractivity contribution is 9.10. The van der Waals surface area contributed by atoms with E-state index in [4.69, 9.17) is 4.74 Å². The molecule has 0 unspecified atom stereocenters. The van der Waals surface area contributed by atoms with Crippen LogP contribution in [0.15, 0.2) is 71.2 Å². The molecule has 1 N–H and O–H groups in total. The number of ether oxygens (including phenoxy) is 1. The van der Waals surface area contributed by atoms with Crippen LogP contribution in [0.4, 0.5) is 14.5 Å². The van der Waals surface area contributed by atoms with Crippen LogP contribution in [0.25, 0.3) is 0 Å². The molecule has 0 saturated heterocycles. The van der Waals surface area contributed by atoms with Gasteiger partial charge in [0.25, 0.3) is 5.91 Å². The van der Waals surface area contributed by atoms with E-state index < -0.39 is 11.7 Å². The molecule has 0 spiro atoms. The predicted molar refractivity (Wildman–Crippen MR) is 99.2 cm³/mol. The van der Waals surface area contributed by atoms with Gasteiger partial charge in [0.05, 0.1) is 5.56 Å². The Morgan fingerprint density at radius 2 is 1.69 bits per heavy atom. The fraction of sp³-hybridized carbons (Fsp3) is 0.0500. The number of halogens is 3. The van der Waals surface area contributed by atoms with Crippen LogP contribution in [0.3, 0.4) is 0 Å². The first-order chi connectivity index (χ1) is 12.5. The van der Waals surface area contributed by atoms with Crippen LogP contribution in [0.5, 0.6) is 5.75 Å². The van der Waals surface area contributed by atoms with E-state index in [2.05, 4.69) is 21.2 Å². The molecule has 0 radical (unpaired) electrons. The van der Waals surface area contributed by atoms with Crippen LogP contribution >= 0.6 is 15.9 Å². The van der Waals surface area contributed by atoms with Gasteiger partial charge in [-0.25, -0.2) is 8.78 Å². The molecule has 0 atom stereocenters. The minimum Gasteiger partial charge on any atom is -0.489 e. The fourth-order valence-electron chi connectivity index (χ4n) is 2.28. The van der Waals surface area contributed by atoms with Crippen molar-refractivity contribution >= 4 is 27.5 Å². The third-order valence-corrected chi connectivity index (χ3v) is 4.28. The Hall–Kier alpha value is -2.73. The zero-order valence-electron chi connectivity index (χ0n) is 13.5. The normalized spacial score (nSPS) is 10.4. The molecular formula is C20H14BrF2NO2. The lowest BCUT2D eigenvalue weighted by Gasteiger charge is -2.10. The molecule has 0 aromatic heterocycles. The van der Waals surface area contributed by atoms with E-state index in [1.54, 1.807) is 36.4 Å². The van der Waals surface area contributed by atoms with Crippen LogP contribution in [0, 0.1) is 11.6 Å². The molecule has 3 nitrogen and oxygen atoms in total. The van der Waals surface area contributed by atoms with Gasteiger partial charge in [-0.05, 0) is 64.0 Å². The lowest BCUT2D eigenvalue weighted by molar-refractivity contribution is 0.102. The van der Waals surface area contributed by atoms with Gasteiger partial charge >= 0.3 is 0 Å². The zero-order chi connectivity index (χ0) is 18.5. The molecule has 3 aromatic carbocycles. The first kappa shape index (κ1) is 18.1. The van der Waals surface area contributed by atoms with Gasteiger partial charge in [0.1, 0.15) is 24.0 Å². The molecule has 3 aromatic rings. The number of rotatable bonds is 5. The summed E-state index contributed by atoms with van der Waals surface area (Å²) in [5, 5.41) is 2.71. The smallest absolute Gasteiger partial charge is 0.256 e. The number of benzene rings is 3. The summed E-state index contributed by atoms with van der Waals surface area (Å²) in [7, 11) is 0. The Labute approximate surface area is 157 Å². The Morgan fingerprint density at radius 3 is 2.46 bits per heavy atom. The van der Waals surface area contributed by atoms with E-state index in [9.17, 15) is 13.6 Å². The number of carbonyl (C=O) groups is 1. The second-order valence-electron chi connectivity index (χ2n) is 5.52. The summed E-state index contributed by atoms with van der Waals surface area (Å²) in [6, 6.07) is 16.8. The van der Waals surface area contributed by atoms with Crippen molar-refractivity contribution in [2.24, 2.45) is 0 Å². The highest BCUT2D eigenvalue weighted by atomic mass is 79.9. The summed E-state index contributed by atoms with van der Waals surface area (Å²) in [5.74, 6) is -0.686. The van der Waals surface area contributed by atoms with E-state index in [0.717, 1.165) is 11.6 Å². The molecule has 6 heteroatoms. The lowest BCUT2D eigenvalue weighted by atomic mass is 10.2. The van der Waals surface area contributed by atoms with Gasteiger partial charge in [0.15, 0.2) is 0 Å². The maximum Gasteiger partial charge on any atom is 0.256 e. The fourth-order valence-corrected chi connectivity index (χ4v) is 2.71. The molecular weight excluding hydrogens is 404 g/mol. The molecule has 3 rings (SSSR count). The van der Waals surface area contributed by atoms with Crippen LogP contribution in [0.1, 0.15) is 15.9 Å². The van der Waals surface area contributed by atoms with Gasteiger partial charge in [0.2, 0.25) is 0 Å². The third-order valence-electron chi connectivity index (χ3n) is 3.58. The molecule has 0 aliphatic carbocycles. The number of nitrogens with one attached hydrogen (secondary N) is 1. The summed E-state index contributed by atoms with van der Waals surface area (Å²) in [6.07, 6.45) is 0. The molecule has 0 aliphatic heterocycles. The quantitative estimate of drug-likeness (QED) is 0.590. The second kappa shape index (κ2) is 8.10. The number of amides is 1. The standard InChI is InChI=1S/C20H14BrF2NO2/c21-19-9-8-15(23)10-18(19)20(25)24-16-2-1-3-17(11-16)26-12-13-4-6-14(22)7-5-13/h1-11H,12H2,(H,24,25). The van der Waals surface area contributed by atoms with Crippen molar-refractivity contribution < 1.29 is 18.3 Å². The SMILES string of the molecule is O=C(Nc1cccc(OCc2ccc(F)cc2)c1)c1cc(F)ccc1Br. The Kier molecular flexibility index (Phi) is 5.63. The molecule has 1 amide bonds. The van der Waals surface area contributed by atoms with Crippen molar-refractivity contribution in [3.63, 3.8) is 0 Å². The summed E-state index contributed by atoms with van der Waals surface area (Å²) in [5.41, 5.74) is 1.54. The van der Waals surface area contributed by atoms with Gasteiger partial charge < -0.3 is 10.1 Å². The zero-order valence-corrected chi connectivity index (χ0v) is 15.1. The Morgan fingerprint density at radius 1 is 0.962 bits per heavy atom. The Balaban J connectivity index is 1.68. The minimum atomic E-state index is -0.491. The lowest BCUT2D eigenvalue weighted by Crippen LogP contribution is -2.13. The maximum absolute atomic E-state index is 13.4. The van der Waals surface area contributed by atoms with E-state index in [1.165, 1.54) is 24.3 Å². The first-order valence-electron chi connectivity index (χ1n) is 7.75. The third kappa shape index (κ3) is 4.67. The van der Waals surface area contributed by atoms with Gasteiger partial charge in [-0.2, -0.15) is 0 Å². The van der Waals surface area contributed by atoms with E-state index >= 15 is 0 Å². The number of hydrogen-bond donors (Lipinski definition) is 1. The van der Waals surface area contributed by atoms with Gasteiger partial charge in [0, 0.05) is 16.2 Å². The summed E-state index contributed by atoms with van der Waals surface area (Å²) in [4.78, 5) is 12.3. The molecule has 0 fully saturated rings. The highest BCUT2D eigenvalue weighted by Crippen LogP contribution is 2.22. The molecule has 132 valence electrons. The minimum absolute atomic E-state index is 0.197. The van der Waals surface area contributed by atoms with Crippen molar-refractivity contribution in [2.45, 2.75) is 6.61 Å². The average molecular weight is 418 g/mol. The largest absolute Gasteiger partial charge is 0.489 e. The molecule has 0 aliphatic rings. The summed E-state index contributed by atoms with van der Waals surface area (Å²) < 4.78 is 32.4. The maximum atomic E-state index is 13.4. The number of anilines is 1. The Bertz CT molecular complexity index is 929. The van der Waals surface area contributed by atoms with Gasteiger partial charge in [-0.1, -0.05) is 18.2 Å². The van der Waals surface area contributed by atoms with Crippen LogP contribution in [-0.2, 0) is 6.61 Å². The summed E-state index contributed by atoms with van der Waals surface area (Å²) in [6.45, 7) is 0.271. The van der Waals surface area contributed by atoms with Crippen LogP contribution < -0.4 is 10.1 Å². The van der Waals surface area contributed by atoms with Crippen molar-refractivity contribution in [2.75, 3.05) is 5.32 Å². The number of carbonyl (C=O) groups excluding carboxylic acids is 1. The molecule has 0 heterocycles. The van der Waals surface area contributed by atoms with Crippen molar-refractivity contribution in [1.29, 1.82) is 0 Å². The van der Waals surface area contributed by atoms with E-state index in [0.29, 0.717) is 15.9 Å². The monoisotopic (exact) mass is 417 g/mol. The predicted octanol–water partition coefficient (Wildman–Crippen LogP) is 5.56. The molecule has 0 saturated carbocycles. The summed E-state index contributed by atoms with van der Waals surface area (Å²) >= 11 is 3.24. The highest BCUT2D eigenvalue weighted by Gasteiger charge is 2.12. The van der Waals surface area contributed by atoms with E-state index in [-0.39, 0.29) is 18.0 Å². The van der Waals surface area contributed by atoms with Crippen LogP contribution in [0.2, 0.25) is 0 Å². The molecule has 26 heavy (non-hydrogen) atoms. The van der Waals surface area contributed by atoms with Crippen LogP contribution in [-0.4, -0.2) is 5.91 Å². The van der Waals surface area contributed by atoms with Gasteiger partial charge in [-0.3, -0.25) is 4.79 Å².